The van der Waals surface area contributed by atoms with Gasteiger partial charge in [-0.3, -0.25) is 4.99 Å². The molecule has 2 N–H and O–H groups in total. The van der Waals surface area contributed by atoms with Crippen LogP contribution in [-0.2, 0) is 0 Å². The molecule has 1 heterocycles. The van der Waals surface area contributed by atoms with Crippen LogP contribution in [0.1, 0.15) is 91.4 Å². The van der Waals surface area contributed by atoms with Crippen molar-refractivity contribution in [1.29, 1.82) is 0 Å². The molecule has 3 heteroatoms. The SMILES string of the molecule is CC(=NCCC1CCCN1)C1CCC2C3CCC4=CC(O)CCC4(C)C3CCC12C. The third kappa shape index (κ3) is 3.43. The van der Waals surface area contributed by atoms with Crippen molar-refractivity contribution in [2.45, 2.75) is 104 Å². The fourth-order valence-electron chi connectivity index (χ4n) is 8.91. The van der Waals surface area contributed by atoms with Gasteiger partial charge in [0, 0.05) is 24.2 Å². The number of nitrogens with one attached hydrogen (secondary N) is 1. The average molecular weight is 413 g/mol. The van der Waals surface area contributed by atoms with Crippen LogP contribution in [0.25, 0.3) is 0 Å². The summed E-state index contributed by atoms with van der Waals surface area (Å²) in [4.78, 5) is 5.14. The maximum atomic E-state index is 10.2. The Balaban J connectivity index is 1.30. The molecule has 0 spiro atoms. The van der Waals surface area contributed by atoms with Gasteiger partial charge < -0.3 is 10.4 Å². The van der Waals surface area contributed by atoms with Gasteiger partial charge in [-0.25, -0.2) is 0 Å². The summed E-state index contributed by atoms with van der Waals surface area (Å²) < 4.78 is 0. The minimum Gasteiger partial charge on any atom is -0.389 e. The molecule has 4 fully saturated rings. The molecule has 5 aliphatic rings. The van der Waals surface area contributed by atoms with E-state index < -0.39 is 0 Å². The third-order valence-corrected chi connectivity index (χ3v) is 10.6. The lowest BCUT2D eigenvalue weighted by molar-refractivity contribution is -0.0476. The van der Waals surface area contributed by atoms with E-state index in [4.69, 9.17) is 4.99 Å². The Bertz CT molecular complexity index is 708. The van der Waals surface area contributed by atoms with E-state index in [1.165, 1.54) is 76.5 Å². The number of allylic oxidation sites excluding steroid dienone is 1. The van der Waals surface area contributed by atoms with Crippen LogP contribution in [0.3, 0.4) is 0 Å². The first kappa shape index (κ1) is 21.2. The summed E-state index contributed by atoms with van der Waals surface area (Å²) >= 11 is 0. The molecule has 4 aliphatic carbocycles. The van der Waals surface area contributed by atoms with Gasteiger partial charge in [0.15, 0.2) is 0 Å². The van der Waals surface area contributed by atoms with Crippen LogP contribution >= 0.6 is 0 Å². The standard InChI is InChI=1S/C27H44N2O/c1-18(28-16-12-20-5-4-15-29-20)23-8-9-24-22-7-6-19-17-21(30)10-13-26(19,2)25(22)11-14-27(23,24)3/h17,20-25,29-30H,4-16H2,1-3H3. The summed E-state index contributed by atoms with van der Waals surface area (Å²) in [5.74, 6) is 3.32. The van der Waals surface area contributed by atoms with E-state index in [1.54, 1.807) is 5.57 Å². The highest BCUT2D eigenvalue weighted by Crippen LogP contribution is 2.66. The first-order valence-corrected chi connectivity index (χ1v) is 13.1. The lowest BCUT2D eigenvalue weighted by atomic mass is 9.46. The molecule has 0 aromatic rings. The summed E-state index contributed by atoms with van der Waals surface area (Å²) in [7, 11) is 0. The van der Waals surface area contributed by atoms with E-state index in [0.717, 1.165) is 30.7 Å². The van der Waals surface area contributed by atoms with E-state index in [1.807, 2.05) is 0 Å². The van der Waals surface area contributed by atoms with Crippen LogP contribution in [0.2, 0.25) is 0 Å². The van der Waals surface area contributed by atoms with Gasteiger partial charge in [-0.1, -0.05) is 25.5 Å². The molecule has 8 atom stereocenters. The summed E-state index contributed by atoms with van der Waals surface area (Å²) in [6.45, 7) is 9.73. The van der Waals surface area contributed by atoms with Crippen molar-refractivity contribution < 1.29 is 5.11 Å². The second kappa shape index (κ2) is 8.03. The van der Waals surface area contributed by atoms with E-state index in [2.05, 4.69) is 32.2 Å². The molecule has 0 aromatic carbocycles. The molecule has 0 bridgehead atoms. The third-order valence-electron chi connectivity index (χ3n) is 10.6. The molecule has 0 aromatic heterocycles. The Morgan fingerprint density at radius 3 is 2.77 bits per heavy atom. The van der Waals surface area contributed by atoms with Gasteiger partial charge in [-0.15, -0.1) is 0 Å². The van der Waals surface area contributed by atoms with E-state index in [-0.39, 0.29) is 6.10 Å². The average Bonchev–Trinajstić information content (AvgIpc) is 3.35. The largest absolute Gasteiger partial charge is 0.389 e. The molecule has 0 radical (unpaired) electrons. The number of aliphatic hydroxyl groups excluding tert-OH is 1. The molecule has 0 amide bonds. The Morgan fingerprint density at radius 1 is 1.10 bits per heavy atom. The number of rotatable bonds is 4. The molecule has 3 nitrogen and oxygen atoms in total. The van der Waals surface area contributed by atoms with Crippen LogP contribution in [0, 0.1) is 34.5 Å². The zero-order valence-electron chi connectivity index (χ0n) is 19.6. The molecule has 1 aliphatic heterocycles. The lowest BCUT2D eigenvalue weighted by Crippen LogP contribution is -2.51. The van der Waals surface area contributed by atoms with E-state index >= 15 is 0 Å². The van der Waals surface area contributed by atoms with Gasteiger partial charge in [0.05, 0.1) is 6.10 Å². The second-order valence-electron chi connectivity index (χ2n) is 11.9. The predicted octanol–water partition coefficient (Wildman–Crippen LogP) is 5.53. The van der Waals surface area contributed by atoms with Crippen molar-refractivity contribution >= 4 is 5.71 Å². The first-order valence-electron chi connectivity index (χ1n) is 13.1. The Morgan fingerprint density at radius 2 is 1.97 bits per heavy atom. The van der Waals surface area contributed by atoms with Crippen LogP contribution in [-0.4, -0.2) is 36.1 Å². The summed E-state index contributed by atoms with van der Waals surface area (Å²) in [5, 5.41) is 13.8. The Kier molecular flexibility index (Phi) is 5.67. The number of aliphatic hydroxyl groups is 1. The fraction of sp³-hybridized carbons (Fsp3) is 0.889. The number of hydrogen-bond donors (Lipinski definition) is 2. The summed E-state index contributed by atoms with van der Waals surface area (Å²) in [6.07, 6.45) is 16.2. The highest BCUT2D eigenvalue weighted by molar-refractivity contribution is 5.85. The maximum absolute atomic E-state index is 10.2. The Labute approximate surface area is 184 Å². The maximum Gasteiger partial charge on any atom is 0.0724 e. The van der Waals surface area contributed by atoms with E-state index in [0.29, 0.717) is 22.8 Å². The van der Waals surface area contributed by atoms with Crippen LogP contribution in [0.4, 0.5) is 0 Å². The van der Waals surface area contributed by atoms with Gasteiger partial charge in [0.25, 0.3) is 0 Å². The van der Waals surface area contributed by atoms with Crippen molar-refractivity contribution in [2.24, 2.45) is 39.5 Å². The predicted molar refractivity (Wildman–Crippen MR) is 125 cm³/mol. The lowest BCUT2D eigenvalue weighted by Gasteiger charge is -2.58. The molecule has 3 saturated carbocycles. The molecular weight excluding hydrogens is 368 g/mol. The minimum atomic E-state index is -0.187. The first-order chi connectivity index (χ1) is 14.4. The normalized spacial score (nSPS) is 48.7. The van der Waals surface area contributed by atoms with E-state index in [9.17, 15) is 5.11 Å². The van der Waals surface area contributed by atoms with Gasteiger partial charge in [-0.2, -0.15) is 0 Å². The number of hydrogen-bond acceptors (Lipinski definition) is 3. The molecule has 168 valence electrons. The summed E-state index contributed by atoms with van der Waals surface area (Å²) in [6, 6.07) is 0.711. The zero-order valence-corrected chi connectivity index (χ0v) is 19.6. The van der Waals surface area contributed by atoms with Crippen molar-refractivity contribution in [3.63, 3.8) is 0 Å². The fourth-order valence-corrected chi connectivity index (χ4v) is 8.91. The monoisotopic (exact) mass is 412 g/mol. The number of fused-ring (bicyclic) bond motifs is 5. The van der Waals surface area contributed by atoms with Crippen molar-refractivity contribution in [2.75, 3.05) is 13.1 Å². The molecular formula is C27H44N2O. The molecule has 30 heavy (non-hydrogen) atoms. The van der Waals surface area contributed by atoms with Gasteiger partial charge in [0.2, 0.25) is 0 Å². The van der Waals surface area contributed by atoms with Gasteiger partial charge >= 0.3 is 0 Å². The van der Waals surface area contributed by atoms with Crippen molar-refractivity contribution in [3.8, 4) is 0 Å². The topological polar surface area (TPSA) is 44.6 Å². The minimum absolute atomic E-state index is 0.187. The quantitative estimate of drug-likeness (QED) is 0.471. The van der Waals surface area contributed by atoms with Crippen molar-refractivity contribution in [3.05, 3.63) is 11.6 Å². The second-order valence-corrected chi connectivity index (χ2v) is 11.9. The van der Waals surface area contributed by atoms with Gasteiger partial charge in [-0.05, 0) is 113 Å². The van der Waals surface area contributed by atoms with Crippen LogP contribution in [0.15, 0.2) is 16.6 Å². The Hall–Kier alpha value is -0.670. The zero-order chi connectivity index (χ0) is 20.9. The smallest absolute Gasteiger partial charge is 0.0724 e. The van der Waals surface area contributed by atoms with Crippen molar-refractivity contribution in [1.82, 2.24) is 5.32 Å². The molecule has 5 rings (SSSR count). The van der Waals surface area contributed by atoms with Crippen LogP contribution in [0.5, 0.6) is 0 Å². The number of nitrogens with zero attached hydrogens (tertiary/aromatic N) is 1. The highest BCUT2D eigenvalue weighted by atomic mass is 16.3. The number of aliphatic imine (C=N–C) groups is 1. The highest BCUT2D eigenvalue weighted by Gasteiger charge is 2.59. The molecule has 8 unspecified atom stereocenters. The van der Waals surface area contributed by atoms with Gasteiger partial charge in [0.1, 0.15) is 0 Å². The van der Waals surface area contributed by atoms with Crippen LogP contribution < -0.4 is 5.32 Å². The summed E-state index contributed by atoms with van der Waals surface area (Å²) in [5.41, 5.74) is 3.88. The molecule has 1 saturated heterocycles.